The van der Waals surface area contributed by atoms with E-state index in [4.69, 9.17) is 23.9 Å². The van der Waals surface area contributed by atoms with E-state index in [0.717, 1.165) is 68.3 Å². The highest BCUT2D eigenvalue weighted by Crippen LogP contribution is 2.41. The highest BCUT2D eigenvalue weighted by molar-refractivity contribution is 5.78. The lowest BCUT2D eigenvalue weighted by Gasteiger charge is -2.48. The molecule has 10 heteroatoms. The number of nitrogens with zero attached hydrogens (tertiary/aromatic N) is 2. The molecule has 0 aliphatic carbocycles. The molecule has 0 saturated carbocycles. The van der Waals surface area contributed by atoms with Gasteiger partial charge < -0.3 is 39.6 Å². The fourth-order valence-electron chi connectivity index (χ4n) is 9.80. The summed E-state index contributed by atoms with van der Waals surface area (Å²) >= 11 is 0. The van der Waals surface area contributed by atoms with Crippen molar-refractivity contribution in [2.45, 2.75) is 195 Å². The van der Waals surface area contributed by atoms with Gasteiger partial charge >= 0.3 is 0 Å². The SMILES string of the molecule is CCC1CC(C)OC(O[C@@H](C)[C@@H](C)[C@H](O[C@H]2CC(C)[C@@H](O)C(C)O2)C(C)[C@H](CC)[C@@](C)(O)C(O)C(C)N(CCCNCc2ccc3ccccc3n2)C[C@H](C)CC)C1. The summed E-state index contributed by atoms with van der Waals surface area (Å²) in [7, 11) is 0. The van der Waals surface area contributed by atoms with Crippen molar-refractivity contribution in [1.82, 2.24) is 15.2 Å². The quantitative estimate of drug-likeness (QED) is 0.0815. The van der Waals surface area contributed by atoms with Crippen molar-refractivity contribution >= 4 is 10.9 Å². The monoisotopic (exact) mass is 814 g/mol. The zero-order valence-electron chi connectivity index (χ0n) is 38.3. The maximum Gasteiger partial charge on any atom is 0.158 e. The van der Waals surface area contributed by atoms with Crippen LogP contribution in [-0.4, -0.2) is 106 Å². The second-order valence-electron chi connectivity index (χ2n) is 18.7. The fraction of sp³-hybridized carbons (Fsp3) is 0.812. The summed E-state index contributed by atoms with van der Waals surface area (Å²) in [6.45, 7) is 28.3. The molecule has 4 N–H and O–H groups in total. The Morgan fingerprint density at radius 3 is 2.29 bits per heavy atom. The van der Waals surface area contributed by atoms with Gasteiger partial charge in [0.1, 0.15) is 0 Å². The van der Waals surface area contributed by atoms with Crippen LogP contribution in [0.25, 0.3) is 10.9 Å². The van der Waals surface area contributed by atoms with Crippen LogP contribution < -0.4 is 5.32 Å². The molecule has 2 aliphatic rings. The number of aliphatic hydroxyl groups excluding tert-OH is 2. The van der Waals surface area contributed by atoms with Crippen molar-refractivity contribution in [2.24, 2.45) is 35.5 Å². The number of para-hydroxylation sites is 1. The number of hydrogen-bond donors (Lipinski definition) is 4. The molecule has 1 aromatic heterocycles. The standard InChI is InChI=1S/C48H83N3O7/c1-13-30(4)29-51(24-18-23-49-28-40-22-21-39-19-16-17-20-42(39)50-40)35(9)47(53)48(12,54)41(15-3)34(8)46(58-43-25-31(5)45(52)37(11)57-43)33(7)36(10)56-44-27-38(14-2)26-32(6)55-44/h16-17,19-22,30-38,41,43-47,49,52-54H,13-15,18,23-29H2,1-12H3/t30-,31?,32?,33-,34?,35?,36+,37?,38?,41+,43+,44?,45-,46+,47?,48-/m1/s1. The Morgan fingerprint density at radius 1 is 0.914 bits per heavy atom. The molecule has 0 radical (unpaired) electrons. The number of aliphatic hydroxyl groups is 3. The number of benzene rings is 1. The van der Waals surface area contributed by atoms with Gasteiger partial charge in [-0.1, -0.05) is 92.0 Å². The van der Waals surface area contributed by atoms with Crippen molar-refractivity contribution in [3.63, 3.8) is 0 Å². The third kappa shape index (κ3) is 13.1. The highest BCUT2D eigenvalue weighted by atomic mass is 16.7. The van der Waals surface area contributed by atoms with E-state index in [1.165, 1.54) is 0 Å². The Hall–Kier alpha value is -1.73. The van der Waals surface area contributed by atoms with E-state index >= 15 is 0 Å². The zero-order valence-corrected chi connectivity index (χ0v) is 38.3. The van der Waals surface area contributed by atoms with Gasteiger partial charge in [0.25, 0.3) is 0 Å². The number of ether oxygens (including phenoxy) is 4. The molecule has 0 bridgehead atoms. The second-order valence-corrected chi connectivity index (χ2v) is 18.7. The molecule has 2 aromatic rings. The fourth-order valence-corrected chi connectivity index (χ4v) is 9.80. The zero-order chi connectivity index (χ0) is 42.7. The number of hydrogen-bond acceptors (Lipinski definition) is 10. The Morgan fingerprint density at radius 2 is 1.62 bits per heavy atom. The van der Waals surface area contributed by atoms with Gasteiger partial charge in [-0.2, -0.15) is 0 Å². The number of fused-ring (bicyclic) bond motifs is 1. The number of rotatable bonds is 23. The Labute approximate surface area is 352 Å². The maximum atomic E-state index is 12.6. The van der Waals surface area contributed by atoms with Gasteiger partial charge in [0, 0.05) is 43.3 Å². The van der Waals surface area contributed by atoms with Gasteiger partial charge in [-0.25, -0.2) is 0 Å². The smallest absolute Gasteiger partial charge is 0.158 e. The molecule has 10 nitrogen and oxygen atoms in total. The number of nitrogens with one attached hydrogen (secondary N) is 1. The first-order valence-corrected chi connectivity index (χ1v) is 23.0. The van der Waals surface area contributed by atoms with E-state index < -0.39 is 24.1 Å². The molecule has 1 aromatic carbocycles. The predicted octanol–water partition coefficient (Wildman–Crippen LogP) is 8.33. The summed E-state index contributed by atoms with van der Waals surface area (Å²) in [5, 5.41) is 40.3. The van der Waals surface area contributed by atoms with E-state index in [2.05, 4.69) is 90.7 Å². The van der Waals surface area contributed by atoms with E-state index in [1.54, 1.807) is 0 Å². The van der Waals surface area contributed by atoms with Crippen LogP contribution in [0.4, 0.5) is 0 Å². The first-order valence-electron chi connectivity index (χ1n) is 23.0. The number of pyridine rings is 1. The second kappa shape index (κ2) is 22.9. The average molecular weight is 814 g/mol. The summed E-state index contributed by atoms with van der Waals surface area (Å²) in [5.41, 5.74) is 0.602. The molecule has 8 unspecified atom stereocenters. The molecule has 2 saturated heterocycles. The van der Waals surface area contributed by atoms with Crippen molar-refractivity contribution in [2.75, 3.05) is 19.6 Å². The summed E-state index contributed by atoms with van der Waals surface area (Å²) < 4.78 is 26.2. The van der Waals surface area contributed by atoms with Crippen LogP contribution in [0, 0.1) is 35.5 Å². The molecular weight excluding hydrogens is 731 g/mol. The third-order valence-electron chi connectivity index (χ3n) is 14.1. The van der Waals surface area contributed by atoms with Gasteiger partial charge in [-0.05, 0) is 102 Å². The summed E-state index contributed by atoms with van der Waals surface area (Å²) in [6.07, 6.45) is 3.07. The highest BCUT2D eigenvalue weighted by Gasteiger charge is 2.48. The van der Waals surface area contributed by atoms with E-state index in [9.17, 15) is 15.3 Å². The van der Waals surface area contributed by atoms with Crippen LogP contribution in [0.5, 0.6) is 0 Å². The lowest BCUT2D eigenvalue weighted by Crippen LogP contribution is -2.59. The van der Waals surface area contributed by atoms with Gasteiger partial charge in [0.2, 0.25) is 0 Å². The lowest BCUT2D eigenvalue weighted by molar-refractivity contribution is -0.278. The van der Waals surface area contributed by atoms with Crippen molar-refractivity contribution in [3.8, 4) is 0 Å². The Kier molecular flexibility index (Phi) is 19.3. The van der Waals surface area contributed by atoms with Crippen molar-refractivity contribution in [1.29, 1.82) is 0 Å². The van der Waals surface area contributed by atoms with Crippen LogP contribution >= 0.6 is 0 Å². The topological polar surface area (TPSA) is 126 Å². The normalized spacial score (nSPS) is 29.6. The molecule has 58 heavy (non-hydrogen) atoms. The van der Waals surface area contributed by atoms with Crippen LogP contribution in [-0.2, 0) is 25.5 Å². The molecule has 2 fully saturated rings. The summed E-state index contributed by atoms with van der Waals surface area (Å²) in [6, 6.07) is 12.1. The molecule has 2 aliphatic heterocycles. The van der Waals surface area contributed by atoms with Gasteiger partial charge in [-0.3, -0.25) is 9.88 Å². The average Bonchev–Trinajstić information content (AvgIpc) is 3.20. The minimum absolute atomic E-state index is 0.0200. The first kappa shape index (κ1) is 48.9. The van der Waals surface area contributed by atoms with E-state index in [-0.39, 0.29) is 60.4 Å². The molecule has 332 valence electrons. The molecule has 0 spiro atoms. The predicted molar refractivity (Wildman–Crippen MR) is 234 cm³/mol. The van der Waals surface area contributed by atoms with Crippen LogP contribution in [0.3, 0.4) is 0 Å². The Bertz CT molecular complexity index is 1470. The van der Waals surface area contributed by atoms with Crippen LogP contribution in [0.15, 0.2) is 36.4 Å². The largest absolute Gasteiger partial charge is 0.390 e. The van der Waals surface area contributed by atoms with Crippen molar-refractivity contribution < 1.29 is 34.3 Å². The first-order chi connectivity index (χ1) is 27.5. The van der Waals surface area contributed by atoms with Gasteiger partial charge in [0.15, 0.2) is 12.6 Å². The van der Waals surface area contributed by atoms with Crippen molar-refractivity contribution in [3.05, 3.63) is 42.1 Å². The number of aromatic nitrogens is 1. The Balaban J connectivity index is 1.48. The maximum absolute atomic E-state index is 12.6. The molecule has 3 heterocycles. The molecule has 16 atom stereocenters. The summed E-state index contributed by atoms with van der Waals surface area (Å²) in [4.78, 5) is 7.18. The van der Waals surface area contributed by atoms with E-state index in [0.29, 0.717) is 31.2 Å². The van der Waals surface area contributed by atoms with E-state index in [1.807, 2.05) is 39.0 Å². The third-order valence-corrected chi connectivity index (χ3v) is 14.1. The lowest BCUT2D eigenvalue weighted by atomic mass is 9.69. The van der Waals surface area contributed by atoms with Gasteiger partial charge in [-0.15, -0.1) is 0 Å². The minimum atomic E-state index is -1.42. The van der Waals surface area contributed by atoms with Crippen LogP contribution in [0.1, 0.15) is 134 Å². The molecule has 4 rings (SSSR count). The van der Waals surface area contributed by atoms with Crippen LogP contribution in [0.2, 0.25) is 0 Å². The van der Waals surface area contributed by atoms with Gasteiger partial charge in [0.05, 0.1) is 53.4 Å². The molecular formula is C48H83N3O7. The molecule has 0 amide bonds. The minimum Gasteiger partial charge on any atom is -0.390 e. The summed E-state index contributed by atoms with van der Waals surface area (Å²) in [5.74, 6) is 0.472.